The van der Waals surface area contributed by atoms with E-state index in [-0.39, 0.29) is 32.2 Å². The molecule has 240 valence electrons. The van der Waals surface area contributed by atoms with Crippen LogP contribution in [0.5, 0.6) is 0 Å². The van der Waals surface area contributed by atoms with Gasteiger partial charge < -0.3 is 25.0 Å². The summed E-state index contributed by atoms with van der Waals surface area (Å²) in [7, 11) is -4.45. The second-order valence-corrected chi connectivity index (χ2v) is 11.6. The van der Waals surface area contributed by atoms with Gasteiger partial charge in [-0.3, -0.25) is 23.4 Å². The van der Waals surface area contributed by atoms with E-state index in [1.807, 2.05) is 6.08 Å². The monoisotopic (exact) mass is 606 g/mol. The van der Waals surface area contributed by atoms with Crippen molar-refractivity contribution in [2.45, 2.75) is 123 Å². The van der Waals surface area contributed by atoms with Crippen molar-refractivity contribution in [2.75, 3.05) is 32.9 Å². The summed E-state index contributed by atoms with van der Waals surface area (Å²) in [5, 5.41) is 4.74. The molecular formula is C29H55N2O9P. The summed E-state index contributed by atoms with van der Waals surface area (Å²) in [6, 6.07) is 0. The summed E-state index contributed by atoms with van der Waals surface area (Å²) in [5.74, 6) is -1.40. The Balaban J connectivity index is 3.89. The maximum absolute atomic E-state index is 12.1. The van der Waals surface area contributed by atoms with Crippen molar-refractivity contribution < 1.29 is 42.4 Å². The van der Waals surface area contributed by atoms with Crippen LogP contribution in [-0.4, -0.2) is 61.7 Å². The first kappa shape index (κ1) is 39.1. The van der Waals surface area contributed by atoms with E-state index >= 15 is 0 Å². The number of phosphoric acid groups is 1. The number of hydrogen-bond acceptors (Lipinski definition) is 8. The molecule has 0 bridgehead atoms. The number of allylic oxidation sites excluding steroid dienone is 1. The molecule has 12 heteroatoms. The molecule has 0 aliphatic rings. The minimum absolute atomic E-state index is 0.0476. The number of hydrogen-bond donors (Lipinski definition) is 3. The Morgan fingerprint density at radius 3 is 1.90 bits per heavy atom. The van der Waals surface area contributed by atoms with Crippen LogP contribution in [0, 0.1) is 0 Å². The van der Waals surface area contributed by atoms with E-state index in [1.54, 1.807) is 0 Å². The molecule has 2 amide bonds. The van der Waals surface area contributed by atoms with Gasteiger partial charge in [-0.1, -0.05) is 90.4 Å². The fourth-order valence-electron chi connectivity index (χ4n) is 3.94. The molecule has 0 saturated heterocycles. The summed E-state index contributed by atoms with van der Waals surface area (Å²) in [6.07, 6.45) is 21.8. The fourth-order valence-corrected chi connectivity index (χ4v) is 4.69. The Morgan fingerprint density at radius 1 is 0.805 bits per heavy atom. The van der Waals surface area contributed by atoms with Gasteiger partial charge in [-0.15, -0.1) is 0 Å². The number of amides is 2. The Hall–Kier alpha value is -1.94. The number of rotatable bonds is 28. The van der Waals surface area contributed by atoms with E-state index in [1.165, 1.54) is 104 Å². The average Bonchev–Trinajstić information content (AvgIpc) is 2.92. The van der Waals surface area contributed by atoms with Gasteiger partial charge in [0, 0.05) is 20.4 Å². The second kappa shape index (κ2) is 26.9. The molecule has 0 aromatic carbocycles. The highest BCUT2D eigenvalue weighted by molar-refractivity contribution is 7.47. The van der Waals surface area contributed by atoms with Crippen LogP contribution in [0.4, 0.5) is 0 Å². The van der Waals surface area contributed by atoms with Gasteiger partial charge in [-0.05, 0) is 18.9 Å². The molecule has 0 aromatic rings. The lowest BCUT2D eigenvalue weighted by Gasteiger charge is -2.18. The first-order valence-corrected chi connectivity index (χ1v) is 16.7. The zero-order chi connectivity index (χ0) is 30.6. The lowest BCUT2D eigenvalue weighted by Crippen LogP contribution is -2.37. The Bertz CT molecular complexity index is 765. The molecule has 3 N–H and O–H groups in total. The molecule has 1 unspecified atom stereocenters. The van der Waals surface area contributed by atoms with E-state index in [0.717, 1.165) is 12.8 Å². The lowest BCUT2D eigenvalue weighted by molar-refractivity contribution is -0.150. The molecule has 0 aliphatic heterocycles. The number of esters is 1. The second-order valence-electron chi connectivity index (χ2n) is 10.2. The van der Waals surface area contributed by atoms with Crippen LogP contribution in [0.2, 0.25) is 0 Å². The third kappa shape index (κ3) is 29.4. The van der Waals surface area contributed by atoms with Gasteiger partial charge in [0.2, 0.25) is 11.8 Å². The molecule has 41 heavy (non-hydrogen) atoms. The SMILES string of the molecule is CCCCCCCCCCCCCCCC/C=C/OC[C@H](COP(=O)(O)OCCNC(=O)CNC(C)=O)OC(C)=O. The number of ether oxygens (including phenoxy) is 2. The standard InChI is InChI=1S/C29H55N2O9P/c1-4-5-6-7-8-9-10-11-12-13-14-15-16-17-18-19-21-37-24-28(40-27(3)33)25-39-41(35,36)38-22-20-30-29(34)23-31-26(2)32/h19,21,28H,4-18,20,22-25H2,1-3H3,(H,30,34)(H,31,32)(H,35,36)/b21-19+/t28-/m1/s1. The molecule has 0 aromatic heterocycles. The molecule has 0 spiro atoms. The van der Waals surface area contributed by atoms with Crippen LogP contribution < -0.4 is 10.6 Å². The Morgan fingerprint density at radius 2 is 1.37 bits per heavy atom. The zero-order valence-electron chi connectivity index (χ0n) is 25.5. The third-order valence-electron chi connectivity index (χ3n) is 6.13. The molecule has 0 fully saturated rings. The molecule has 0 aliphatic carbocycles. The van der Waals surface area contributed by atoms with Crippen molar-refractivity contribution in [2.24, 2.45) is 0 Å². The molecule has 0 rings (SSSR count). The van der Waals surface area contributed by atoms with E-state index in [0.29, 0.717) is 0 Å². The normalized spacial score (nSPS) is 13.5. The van der Waals surface area contributed by atoms with Gasteiger partial charge in [-0.2, -0.15) is 0 Å². The smallest absolute Gasteiger partial charge is 0.472 e. The highest BCUT2D eigenvalue weighted by atomic mass is 31.2. The summed E-state index contributed by atoms with van der Waals surface area (Å²) in [5.41, 5.74) is 0. The number of nitrogens with one attached hydrogen (secondary N) is 2. The molecule has 11 nitrogen and oxygen atoms in total. The molecule has 0 heterocycles. The predicted molar refractivity (Wildman–Crippen MR) is 159 cm³/mol. The van der Waals surface area contributed by atoms with Crippen molar-refractivity contribution in [3.8, 4) is 0 Å². The van der Waals surface area contributed by atoms with Crippen molar-refractivity contribution >= 4 is 25.6 Å². The molecular weight excluding hydrogens is 551 g/mol. The third-order valence-corrected chi connectivity index (χ3v) is 7.12. The quantitative estimate of drug-likeness (QED) is 0.0441. The van der Waals surface area contributed by atoms with Crippen molar-refractivity contribution in [3.05, 3.63) is 12.3 Å². The van der Waals surface area contributed by atoms with Crippen LogP contribution in [0.3, 0.4) is 0 Å². The van der Waals surface area contributed by atoms with Crippen LogP contribution >= 0.6 is 7.82 Å². The highest BCUT2D eigenvalue weighted by Gasteiger charge is 2.25. The first-order valence-electron chi connectivity index (χ1n) is 15.2. The maximum atomic E-state index is 12.1. The number of carbonyl (C=O) groups excluding carboxylic acids is 3. The Labute approximate surface area is 247 Å². The topological polar surface area (TPSA) is 149 Å². The summed E-state index contributed by atoms with van der Waals surface area (Å²) in [6.45, 7) is 3.73. The van der Waals surface area contributed by atoms with E-state index < -0.39 is 32.4 Å². The highest BCUT2D eigenvalue weighted by Crippen LogP contribution is 2.43. The van der Waals surface area contributed by atoms with Gasteiger partial charge >= 0.3 is 13.8 Å². The van der Waals surface area contributed by atoms with Crippen molar-refractivity contribution in [1.29, 1.82) is 0 Å². The van der Waals surface area contributed by atoms with Gasteiger partial charge in [0.1, 0.15) is 6.61 Å². The van der Waals surface area contributed by atoms with Gasteiger partial charge in [0.25, 0.3) is 0 Å². The van der Waals surface area contributed by atoms with E-state index in [2.05, 4.69) is 17.6 Å². The summed E-state index contributed by atoms with van der Waals surface area (Å²) in [4.78, 5) is 43.4. The van der Waals surface area contributed by atoms with Gasteiger partial charge in [0.15, 0.2) is 6.10 Å². The maximum Gasteiger partial charge on any atom is 0.472 e. The van der Waals surface area contributed by atoms with Crippen LogP contribution in [0.15, 0.2) is 12.3 Å². The average molecular weight is 607 g/mol. The number of phosphoric ester groups is 1. The van der Waals surface area contributed by atoms with Crippen LogP contribution in [-0.2, 0) is 37.5 Å². The van der Waals surface area contributed by atoms with Crippen molar-refractivity contribution in [3.63, 3.8) is 0 Å². The minimum Gasteiger partial charge on any atom is -0.498 e. The van der Waals surface area contributed by atoms with E-state index in [4.69, 9.17) is 18.5 Å². The largest absolute Gasteiger partial charge is 0.498 e. The minimum atomic E-state index is -4.45. The molecule has 0 radical (unpaired) electrons. The van der Waals surface area contributed by atoms with E-state index in [9.17, 15) is 23.8 Å². The number of carbonyl (C=O) groups is 3. The van der Waals surface area contributed by atoms with Crippen molar-refractivity contribution in [1.82, 2.24) is 10.6 Å². The zero-order valence-corrected chi connectivity index (χ0v) is 26.4. The number of unbranched alkanes of at least 4 members (excludes halogenated alkanes) is 14. The first-order chi connectivity index (χ1) is 19.7. The fraction of sp³-hybridized carbons (Fsp3) is 0.828. The molecule has 2 atom stereocenters. The summed E-state index contributed by atoms with van der Waals surface area (Å²) < 4.78 is 32.2. The van der Waals surface area contributed by atoms with Gasteiger partial charge in [-0.25, -0.2) is 4.57 Å². The molecule has 0 saturated carbocycles. The lowest BCUT2D eigenvalue weighted by atomic mass is 10.0. The predicted octanol–water partition coefficient (Wildman–Crippen LogP) is 5.71. The summed E-state index contributed by atoms with van der Waals surface area (Å²) >= 11 is 0. The van der Waals surface area contributed by atoms with Gasteiger partial charge in [0.05, 0.1) is 26.0 Å². The van der Waals surface area contributed by atoms with Crippen LogP contribution in [0.25, 0.3) is 0 Å². The Kier molecular flexibility index (Phi) is 25.7. The van der Waals surface area contributed by atoms with Crippen LogP contribution in [0.1, 0.15) is 117 Å².